The second-order valence-electron chi connectivity index (χ2n) is 4.11. The van der Waals surface area contributed by atoms with E-state index in [1.54, 1.807) is 0 Å². The van der Waals surface area contributed by atoms with Gasteiger partial charge in [-0.1, -0.05) is 6.92 Å². The lowest BCUT2D eigenvalue weighted by atomic mass is 10.3. The van der Waals surface area contributed by atoms with Crippen LogP contribution in [0.4, 0.5) is 0 Å². The molecular weight excluding hydrogens is 318 g/mol. The summed E-state index contributed by atoms with van der Waals surface area (Å²) >= 11 is 0.778. The molecule has 1 atom stereocenters. The van der Waals surface area contributed by atoms with Crippen LogP contribution < -0.4 is 10.0 Å². The van der Waals surface area contributed by atoms with Gasteiger partial charge in [0.05, 0.1) is 18.7 Å². The average molecular weight is 335 g/mol. The molecule has 118 valence electrons. The molecule has 0 fully saturated rings. The molecule has 8 nitrogen and oxygen atoms in total. The Balaban J connectivity index is 2.90. The van der Waals surface area contributed by atoms with Gasteiger partial charge < -0.3 is 10.1 Å². The number of hydrogen-bond donors (Lipinski definition) is 2. The second kappa shape index (κ2) is 7.48. The Morgan fingerprint density at radius 2 is 2.14 bits per heavy atom. The van der Waals surface area contributed by atoms with Gasteiger partial charge in [-0.15, -0.1) is 11.3 Å². The van der Waals surface area contributed by atoms with Crippen LogP contribution in [0.1, 0.15) is 30.8 Å². The van der Waals surface area contributed by atoms with Crippen LogP contribution in [-0.4, -0.2) is 45.0 Å². The summed E-state index contributed by atoms with van der Waals surface area (Å²) in [5.41, 5.74) is 0.930. The number of nitrogens with zero attached hydrogens (tertiary/aromatic N) is 1. The highest BCUT2D eigenvalue weighted by Gasteiger charge is 2.29. The lowest BCUT2D eigenvalue weighted by Gasteiger charge is -2.13. The topological polar surface area (TPSA) is 114 Å². The molecule has 0 saturated heterocycles. The number of aromatic nitrogens is 1. The number of amides is 1. The summed E-state index contributed by atoms with van der Waals surface area (Å²) in [6.07, 6.45) is 0.743. The Morgan fingerprint density at radius 1 is 1.48 bits per heavy atom. The van der Waals surface area contributed by atoms with Gasteiger partial charge in [0.25, 0.3) is 10.0 Å². The van der Waals surface area contributed by atoms with Crippen molar-refractivity contribution in [3.63, 3.8) is 0 Å². The van der Waals surface area contributed by atoms with Crippen molar-refractivity contribution >= 4 is 33.2 Å². The summed E-state index contributed by atoms with van der Waals surface area (Å²) < 4.78 is 30.8. The lowest BCUT2D eigenvalue weighted by molar-refractivity contribution is -0.122. The molecule has 0 aliphatic heterocycles. The molecule has 1 rings (SSSR count). The molecule has 0 saturated carbocycles. The minimum absolute atomic E-state index is 0.274. The van der Waals surface area contributed by atoms with Crippen molar-refractivity contribution in [2.75, 3.05) is 13.7 Å². The van der Waals surface area contributed by atoms with E-state index in [-0.39, 0.29) is 9.90 Å². The van der Waals surface area contributed by atoms with E-state index >= 15 is 0 Å². The minimum Gasteiger partial charge on any atom is -0.464 e. The summed E-state index contributed by atoms with van der Waals surface area (Å²) in [5, 5.41) is 2.58. The van der Waals surface area contributed by atoms with E-state index in [1.807, 2.05) is 6.92 Å². The van der Waals surface area contributed by atoms with Gasteiger partial charge in [0.2, 0.25) is 5.91 Å². The highest BCUT2D eigenvalue weighted by atomic mass is 32.2. The SMILES string of the molecule is CCCNC(=O)C(C)NS(=O)(=O)c1scnc1C(=O)OC. The summed E-state index contributed by atoms with van der Waals surface area (Å²) in [7, 11) is -2.90. The maximum Gasteiger partial charge on any atom is 0.358 e. The average Bonchev–Trinajstić information content (AvgIpc) is 2.93. The number of rotatable bonds is 7. The third-order valence-corrected chi connectivity index (χ3v) is 5.34. The number of carbonyl (C=O) groups is 2. The number of carbonyl (C=O) groups excluding carboxylic acids is 2. The van der Waals surface area contributed by atoms with E-state index in [0.29, 0.717) is 6.54 Å². The first-order chi connectivity index (χ1) is 9.83. The first-order valence-electron chi connectivity index (χ1n) is 6.15. The number of sulfonamides is 1. The number of methoxy groups -OCH3 is 1. The van der Waals surface area contributed by atoms with Crippen LogP contribution in [0, 0.1) is 0 Å². The fraction of sp³-hybridized carbons (Fsp3) is 0.545. The fourth-order valence-corrected chi connectivity index (χ4v) is 3.75. The molecule has 10 heteroatoms. The Kier molecular flexibility index (Phi) is 6.24. The van der Waals surface area contributed by atoms with E-state index in [2.05, 4.69) is 19.8 Å². The molecule has 0 radical (unpaired) electrons. The Bertz CT molecular complexity index is 611. The first-order valence-corrected chi connectivity index (χ1v) is 8.51. The third-order valence-electron chi connectivity index (χ3n) is 2.43. The highest BCUT2D eigenvalue weighted by Crippen LogP contribution is 2.20. The highest BCUT2D eigenvalue weighted by molar-refractivity contribution is 7.91. The lowest BCUT2D eigenvalue weighted by Crippen LogP contribution is -2.45. The minimum atomic E-state index is -4.03. The zero-order valence-corrected chi connectivity index (χ0v) is 13.5. The molecule has 1 aromatic heterocycles. The Morgan fingerprint density at radius 3 is 2.71 bits per heavy atom. The monoisotopic (exact) mass is 335 g/mol. The van der Waals surface area contributed by atoms with Crippen LogP contribution >= 0.6 is 11.3 Å². The van der Waals surface area contributed by atoms with Gasteiger partial charge in [-0.05, 0) is 13.3 Å². The van der Waals surface area contributed by atoms with Gasteiger partial charge in [-0.3, -0.25) is 4.79 Å². The van der Waals surface area contributed by atoms with Crippen molar-refractivity contribution < 1.29 is 22.7 Å². The number of hydrogen-bond acceptors (Lipinski definition) is 7. The summed E-state index contributed by atoms with van der Waals surface area (Å²) in [6.45, 7) is 3.76. The largest absolute Gasteiger partial charge is 0.464 e. The summed E-state index contributed by atoms with van der Waals surface area (Å²) in [5.74, 6) is -1.29. The standard InChI is InChI=1S/C11H17N3O5S2/c1-4-5-12-9(15)7(2)14-21(17,18)11-8(10(16)19-3)13-6-20-11/h6-7,14H,4-5H2,1-3H3,(H,12,15). The molecular formula is C11H17N3O5S2. The molecule has 1 unspecified atom stereocenters. The van der Waals surface area contributed by atoms with E-state index < -0.39 is 27.9 Å². The van der Waals surface area contributed by atoms with Gasteiger partial charge in [0, 0.05) is 6.54 Å². The predicted molar refractivity (Wildman–Crippen MR) is 76.5 cm³/mol. The first kappa shape index (κ1) is 17.5. The number of nitrogens with one attached hydrogen (secondary N) is 2. The zero-order chi connectivity index (χ0) is 16.0. The zero-order valence-electron chi connectivity index (χ0n) is 11.9. The maximum atomic E-state index is 12.2. The Hall–Kier alpha value is -1.52. The molecule has 0 spiro atoms. The van der Waals surface area contributed by atoms with Crippen LogP contribution in [0.2, 0.25) is 0 Å². The molecule has 2 N–H and O–H groups in total. The van der Waals surface area contributed by atoms with Crippen LogP contribution in [0.15, 0.2) is 9.72 Å². The second-order valence-corrected chi connectivity index (χ2v) is 6.88. The summed E-state index contributed by atoms with van der Waals surface area (Å²) in [4.78, 5) is 26.8. The number of thiazole rings is 1. The van der Waals surface area contributed by atoms with E-state index in [4.69, 9.17) is 0 Å². The summed E-state index contributed by atoms with van der Waals surface area (Å²) in [6, 6.07) is -0.964. The van der Waals surface area contributed by atoms with Gasteiger partial charge >= 0.3 is 5.97 Å². The fourth-order valence-electron chi connectivity index (χ4n) is 1.40. The Labute approximate surface area is 127 Å². The molecule has 0 bridgehead atoms. The van der Waals surface area contributed by atoms with Crippen molar-refractivity contribution in [1.82, 2.24) is 15.0 Å². The molecule has 0 aliphatic carbocycles. The predicted octanol–water partition coefficient (Wildman–Crippen LogP) is 0.123. The van der Waals surface area contributed by atoms with Gasteiger partial charge in [0.15, 0.2) is 9.90 Å². The van der Waals surface area contributed by atoms with E-state index in [9.17, 15) is 18.0 Å². The van der Waals surface area contributed by atoms with Crippen molar-refractivity contribution in [2.24, 2.45) is 0 Å². The molecule has 0 aliphatic rings. The van der Waals surface area contributed by atoms with Crippen LogP contribution in [-0.2, 0) is 19.6 Å². The van der Waals surface area contributed by atoms with Crippen molar-refractivity contribution in [2.45, 2.75) is 30.5 Å². The van der Waals surface area contributed by atoms with Gasteiger partial charge in [-0.2, -0.15) is 4.72 Å². The van der Waals surface area contributed by atoms with Crippen molar-refractivity contribution in [3.8, 4) is 0 Å². The molecule has 1 amide bonds. The molecule has 0 aromatic carbocycles. The van der Waals surface area contributed by atoms with Crippen molar-refractivity contribution in [1.29, 1.82) is 0 Å². The smallest absolute Gasteiger partial charge is 0.358 e. The van der Waals surface area contributed by atoms with Gasteiger partial charge in [-0.25, -0.2) is 18.2 Å². The van der Waals surface area contributed by atoms with E-state index in [0.717, 1.165) is 24.9 Å². The quantitative estimate of drug-likeness (QED) is 0.684. The number of ether oxygens (including phenoxy) is 1. The number of esters is 1. The van der Waals surface area contributed by atoms with Crippen LogP contribution in [0.25, 0.3) is 0 Å². The van der Waals surface area contributed by atoms with Crippen molar-refractivity contribution in [3.05, 3.63) is 11.2 Å². The molecule has 1 heterocycles. The normalized spacial score (nSPS) is 12.7. The third kappa shape index (κ3) is 4.48. The van der Waals surface area contributed by atoms with Crippen LogP contribution in [0.5, 0.6) is 0 Å². The van der Waals surface area contributed by atoms with Gasteiger partial charge in [0.1, 0.15) is 0 Å². The molecule has 1 aromatic rings. The van der Waals surface area contributed by atoms with Crippen LogP contribution in [0.3, 0.4) is 0 Å². The van der Waals surface area contributed by atoms with E-state index in [1.165, 1.54) is 12.4 Å². The molecule has 21 heavy (non-hydrogen) atoms. The maximum absolute atomic E-state index is 12.2.